The van der Waals surface area contributed by atoms with Crippen molar-refractivity contribution in [1.29, 1.82) is 0 Å². The predicted octanol–water partition coefficient (Wildman–Crippen LogP) is 7.02. The van der Waals surface area contributed by atoms with Crippen LogP contribution in [0, 0.1) is 37.0 Å². The van der Waals surface area contributed by atoms with Gasteiger partial charge in [-0.3, -0.25) is 4.98 Å². The Morgan fingerprint density at radius 1 is 0.459 bits per heavy atom. The molecule has 0 N–H and O–H groups in total. The van der Waals surface area contributed by atoms with Crippen molar-refractivity contribution in [2.24, 2.45) is 0 Å². The van der Waals surface area contributed by atoms with Gasteiger partial charge in [0.1, 0.15) is 0 Å². The van der Waals surface area contributed by atoms with Gasteiger partial charge in [-0.05, 0) is 72.8 Å². The van der Waals surface area contributed by atoms with Gasteiger partial charge in [0.15, 0.2) is 0 Å². The molecule has 6 radical (unpaired) electrons. The van der Waals surface area contributed by atoms with Crippen LogP contribution in [-0.4, -0.2) is 4.98 Å². The smallest absolute Gasteiger partial charge is 0.0346 e. The predicted molar refractivity (Wildman–Crippen MR) is 155 cm³/mol. The molecule has 0 aliphatic heterocycles. The number of nitrogens with zero attached hydrogens (tertiary/aromatic N) is 2. The summed E-state index contributed by atoms with van der Waals surface area (Å²) in [7, 11) is -0.446. The average molecular weight is 673 g/mol. The fourth-order valence-electron chi connectivity index (χ4n) is 3.53. The molecule has 1 aliphatic rings. The zero-order chi connectivity index (χ0) is 25.3. The number of hydrogen-bond donors (Lipinski definition) is 0. The number of hydrogen-bond acceptors (Lipinski definition) is 2. The van der Waals surface area contributed by atoms with Crippen LogP contribution >= 0.6 is 7.92 Å². The summed E-state index contributed by atoms with van der Waals surface area (Å²) in [5, 5.41) is 6.64. The first-order chi connectivity index (χ1) is 17.9. The van der Waals surface area contributed by atoms with Crippen LogP contribution in [0.4, 0.5) is 0 Å². The Morgan fingerprint density at radius 2 is 0.811 bits per heavy atom. The summed E-state index contributed by atoms with van der Waals surface area (Å²) < 4.78 is 0. The van der Waals surface area contributed by atoms with Crippen LogP contribution in [-0.2, 0) is 20.4 Å². The maximum absolute atomic E-state index is 7.25. The minimum absolute atomic E-state index is 0. The van der Waals surface area contributed by atoms with Crippen molar-refractivity contribution in [3.63, 3.8) is 0 Å². The summed E-state index contributed by atoms with van der Waals surface area (Å²) in [5.74, 6) is 0. The van der Waals surface area contributed by atoms with E-state index in [9.17, 15) is 0 Å². The van der Waals surface area contributed by atoms with Gasteiger partial charge in [0.05, 0.1) is 0 Å². The fraction of sp³-hybridized carbons (Fsp3) is 0. The monoisotopic (exact) mass is 673 g/mol. The second-order valence-electron chi connectivity index (χ2n) is 7.53. The van der Waals surface area contributed by atoms with Gasteiger partial charge in [0.25, 0.3) is 0 Å². The first-order valence-corrected chi connectivity index (χ1v) is 12.8. The van der Waals surface area contributed by atoms with E-state index in [1.54, 1.807) is 0 Å². The Labute approximate surface area is 235 Å². The summed E-state index contributed by atoms with van der Waals surface area (Å²) in [6.45, 7) is 0. The van der Waals surface area contributed by atoms with Crippen LogP contribution in [0.2, 0.25) is 0 Å². The van der Waals surface area contributed by atoms with Crippen molar-refractivity contribution < 1.29 is 20.4 Å². The average Bonchev–Trinajstić information content (AvgIpc) is 3.57. The molecule has 0 spiro atoms. The molecule has 0 saturated heterocycles. The molecule has 1 heterocycles. The number of fused-ring (bicyclic) bond motifs is 1. The van der Waals surface area contributed by atoms with E-state index in [1.807, 2.05) is 62.7 Å². The molecule has 6 rings (SSSR count). The summed E-state index contributed by atoms with van der Waals surface area (Å²) >= 11 is 0. The van der Waals surface area contributed by atoms with E-state index in [4.69, 9.17) is 10.5 Å². The Hall–Kier alpha value is -3.02. The fourth-order valence-corrected chi connectivity index (χ4v) is 5.83. The van der Waals surface area contributed by atoms with Gasteiger partial charge in [-0.1, -0.05) is 115 Å². The van der Waals surface area contributed by atoms with Crippen molar-refractivity contribution in [3.8, 4) is 0 Å². The van der Waals surface area contributed by atoms with Gasteiger partial charge in [-0.25, -0.2) is 0 Å². The molecule has 1 aromatic heterocycles. The molecule has 0 unspecified atom stereocenters. The molecule has 0 atom stereocenters. The second-order valence-corrected chi connectivity index (χ2v) is 9.75. The summed E-state index contributed by atoms with van der Waals surface area (Å²) in [6, 6.07) is 42.5. The van der Waals surface area contributed by atoms with Gasteiger partial charge in [-0.2, -0.15) is 0 Å². The summed E-state index contributed by atoms with van der Waals surface area (Å²) in [4.78, 5) is 11.3. The van der Waals surface area contributed by atoms with Crippen molar-refractivity contribution in [3.05, 3.63) is 176 Å². The molecule has 37 heavy (non-hydrogen) atoms. The number of rotatable bonds is 3. The molecule has 184 valence electrons. The minimum atomic E-state index is -0.446. The Kier molecular flexibility index (Phi) is 14.9. The van der Waals surface area contributed by atoms with Crippen LogP contribution in [0.5, 0.6) is 0 Å². The molecule has 1 aliphatic carbocycles. The third-order valence-corrected chi connectivity index (χ3v) is 7.59. The normalized spacial score (nSPS) is 11.5. The van der Waals surface area contributed by atoms with E-state index in [2.05, 4.69) is 108 Å². The largest absolute Gasteiger partial charge is 0.577 e. The van der Waals surface area contributed by atoms with E-state index < -0.39 is 7.92 Å². The van der Waals surface area contributed by atoms with E-state index in [0.29, 0.717) is 0 Å². The molecule has 4 aromatic carbocycles. The molecule has 3 nitrogen and oxygen atoms in total. The zero-order valence-corrected chi connectivity index (χ0v) is 23.8. The third-order valence-electron chi connectivity index (χ3n) is 5.15. The number of nitroso groups, excluding NO2 is 1. The van der Waals surface area contributed by atoms with Crippen molar-refractivity contribution in [1.82, 2.24) is 4.98 Å². The first-order valence-electron chi connectivity index (χ1n) is 11.5. The van der Waals surface area contributed by atoms with Gasteiger partial charge < -0.3 is 10.5 Å². The Morgan fingerprint density at radius 3 is 1.19 bits per heavy atom. The minimum Gasteiger partial charge on any atom is -0.577 e. The zero-order valence-electron chi connectivity index (χ0n) is 20.2. The Balaban J connectivity index is 0.000000223. The first kappa shape index (κ1) is 30.2. The second kappa shape index (κ2) is 18.3. The molecule has 5 heteroatoms. The van der Waals surface area contributed by atoms with Crippen LogP contribution in [0.1, 0.15) is 0 Å². The van der Waals surface area contributed by atoms with Crippen molar-refractivity contribution in [2.75, 3.05) is 0 Å². The quantitative estimate of drug-likeness (QED) is 0.194. The molecule has 1 fully saturated rings. The van der Waals surface area contributed by atoms with Crippen molar-refractivity contribution >= 4 is 34.6 Å². The van der Waals surface area contributed by atoms with Crippen LogP contribution in [0.25, 0.3) is 16.4 Å². The van der Waals surface area contributed by atoms with E-state index in [0.717, 1.165) is 0 Å². The van der Waals surface area contributed by atoms with Gasteiger partial charge in [-0.15, -0.1) is 0 Å². The van der Waals surface area contributed by atoms with Gasteiger partial charge in [0, 0.05) is 32.8 Å². The third kappa shape index (κ3) is 10.1. The van der Waals surface area contributed by atoms with Crippen LogP contribution in [0.3, 0.4) is 0 Å². The summed E-state index contributed by atoms with van der Waals surface area (Å²) in [6.07, 6.45) is 13.7. The number of aromatic nitrogens is 1. The van der Waals surface area contributed by atoms with Gasteiger partial charge in [0.2, 0.25) is 0 Å². The number of benzene rings is 4. The maximum atomic E-state index is 7.25. The molecule has 0 amide bonds. The topological polar surface area (TPSA) is 52.3 Å². The molecule has 0 bridgehead atoms. The summed E-state index contributed by atoms with van der Waals surface area (Å²) in [5.41, 5.74) is 5.75. The van der Waals surface area contributed by atoms with E-state index in [1.165, 1.54) is 26.7 Å². The molecule has 5 aromatic rings. The van der Waals surface area contributed by atoms with E-state index >= 15 is 0 Å². The SMILES string of the molecule is [CH]1[CH][CH][CH][CH]1.[N-]=O.[Re].c1ccc(P(c2ccccc2)c2ccccc2)cc1.c1ccc2cnccc2c1. The van der Waals surface area contributed by atoms with Crippen LogP contribution in [0.15, 0.2) is 134 Å². The van der Waals surface area contributed by atoms with Crippen LogP contribution < -0.4 is 15.9 Å². The van der Waals surface area contributed by atoms with E-state index in [-0.39, 0.29) is 20.4 Å². The molecular formula is C32H27N2OPRe-. The molecule has 1 saturated carbocycles. The van der Waals surface area contributed by atoms with Crippen molar-refractivity contribution in [2.45, 2.75) is 0 Å². The Bertz CT molecular complexity index is 1090. The standard InChI is InChI=1S/C18H15P.C9H7N.C5H5.NO.Re/c1-4-10-16(11-5-1)19(17-12-6-2-7-13-17)18-14-8-3-9-15-18;1-2-4-9-7-10-6-5-8(9)3-1;1-2-4-5-3-1;1-2;/h1-15H;1-7H;1-5H;;/q;;;-1;. The number of pyridine rings is 1. The van der Waals surface area contributed by atoms with Gasteiger partial charge >= 0.3 is 0 Å². The maximum Gasteiger partial charge on any atom is 0.0346 e. The molecular weight excluding hydrogens is 646 g/mol.